The van der Waals surface area contributed by atoms with Gasteiger partial charge in [0, 0.05) is 26.2 Å². The van der Waals surface area contributed by atoms with Crippen LogP contribution < -0.4 is 11.3 Å². The quantitative estimate of drug-likeness (QED) is 0.424. The van der Waals surface area contributed by atoms with Crippen molar-refractivity contribution < 1.29 is 9.53 Å². The molecular formula is C15H25N3O2. The summed E-state index contributed by atoms with van der Waals surface area (Å²) in [6.07, 6.45) is 0.314. The lowest BCUT2D eigenvalue weighted by atomic mass is 10.1. The normalized spacial score (nSPS) is 11.1. The predicted octanol–water partition coefficient (Wildman–Crippen LogP) is 1.08. The molecule has 5 heteroatoms. The highest BCUT2D eigenvalue weighted by molar-refractivity contribution is 5.77. The molecule has 1 amide bonds. The maximum Gasteiger partial charge on any atom is 0.238 e. The first-order valence-corrected chi connectivity index (χ1v) is 6.87. The van der Waals surface area contributed by atoms with Gasteiger partial charge in [-0.05, 0) is 25.0 Å². The first kappa shape index (κ1) is 16.6. The molecule has 0 heterocycles. The van der Waals surface area contributed by atoms with Crippen LogP contribution in [0, 0.1) is 0 Å². The van der Waals surface area contributed by atoms with Gasteiger partial charge >= 0.3 is 0 Å². The van der Waals surface area contributed by atoms with Crippen molar-refractivity contribution in [2.75, 3.05) is 20.3 Å². The fraction of sp³-hybridized carbons (Fsp3) is 0.533. The van der Waals surface area contributed by atoms with Crippen LogP contribution in [0.15, 0.2) is 24.3 Å². The average Bonchev–Trinajstić information content (AvgIpc) is 2.44. The van der Waals surface area contributed by atoms with Gasteiger partial charge in [-0.25, -0.2) is 5.84 Å². The molecule has 0 aliphatic heterocycles. The summed E-state index contributed by atoms with van der Waals surface area (Å²) >= 11 is 0. The molecule has 20 heavy (non-hydrogen) atoms. The molecule has 0 unspecified atom stereocenters. The molecule has 0 aliphatic carbocycles. The SMILES string of the molecule is COCCN(Cc1ccc(CC(=O)NN)cc1)C(C)C. The summed E-state index contributed by atoms with van der Waals surface area (Å²) in [6, 6.07) is 8.52. The van der Waals surface area contributed by atoms with Gasteiger partial charge in [-0.2, -0.15) is 0 Å². The molecule has 0 atom stereocenters. The number of hydrazine groups is 1. The number of ether oxygens (including phenoxy) is 1. The van der Waals surface area contributed by atoms with E-state index in [9.17, 15) is 4.79 Å². The van der Waals surface area contributed by atoms with Gasteiger partial charge in [-0.3, -0.25) is 15.1 Å². The Morgan fingerprint density at radius 1 is 1.30 bits per heavy atom. The minimum Gasteiger partial charge on any atom is -0.383 e. The summed E-state index contributed by atoms with van der Waals surface area (Å²) in [4.78, 5) is 13.5. The van der Waals surface area contributed by atoms with Crippen molar-refractivity contribution in [2.45, 2.75) is 32.9 Å². The second-order valence-corrected chi connectivity index (χ2v) is 5.12. The van der Waals surface area contributed by atoms with E-state index in [-0.39, 0.29) is 5.91 Å². The zero-order valence-electron chi connectivity index (χ0n) is 12.6. The summed E-state index contributed by atoms with van der Waals surface area (Å²) in [6.45, 7) is 6.87. The Bertz CT molecular complexity index is 404. The third kappa shape index (κ3) is 5.69. The maximum absolute atomic E-state index is 11.2. The number of methoxy groups -OCH3 is 1. The van der Waals surface area contributed by atoms with E-state index in [0.717, 1.165) is 25.3 Å². The van der Waals surface area contributed by atoms with E-state index in [1.807, 2.05) is 12.1 Å². The number of rotatable bonds is 8. The Morgan fingerprint density at radius 2 is 1.90 bits per heavy atom. The molecule has 0 aromatic heterocycles. The van der Waals surface area contributed by atoms with Crippen molar-refractivity contribution in [1.82, 2.24) is 10.3 Å². The fourth-order valence-corrected chi connectivity index (χ4v) is 1.96. The lowest BCUT2D eigenvalue weighted by Crippen LogP contribution is -2.33. The Balaban J connectivity index is 2.60. The highest BCUT2D eigenvalue weighted by atomic mass is 16.5. The number of amides is 1. The van der Waals surface area contributed by atoms with Gasteiger partial charge in [-0.1, -0.05) is 24.3 Å². The van der Waals surface area contributed by atoms with E-state index in [1.54, 1.807) is 7.11 Å². The second-order valence-electron chi connectivity index (χ2n) is 5.12. The zero-order chi connectivity index (χ0) is 15.0. The maximum atomic E-state index is 11.2. The summed E-state index contributed by atoms with van der Waals surface area (Å²) < 4.78 is 5.14. The van der Waals surface area contributed by atoms with Gasteiger partial charge in [0.15, 0.2) is 0 Å². The molecule has 3 N–H and O–H groups in total. The highest BCUT2D eigenvalue weighted by Gasteiger charge is 2.10. The molecule has 0 saturated carbocycles. The van der Waals surface area contributed by atoms with Gasteiger partial charge in [0.2, 0.25) is 5.91 Å². The van der Waals surface area contributed by atoms with Crippen molar-refractivity contribution in [2.24, 2.45) is 5.84 Å². The molecule has 0 fully saturated rings. The number of benzene rings is 1. The standard InChI is InChI=1S/C15H25N3O2/c1-12(2)18(8-9-20-3)11-14-6-4-13(5-7-14)10-15(19)17-16/h4-7,12H,8-11,16H2,1-3H3,(H,17,19). The van der Waals surface area contributed by atoms with Crippen LogP contribution in [0.25, 0.3) is 0 Å². The molecule has 0 radical (unpaired) electrons. The van der Waals surface area contributed by atoms with Crippen molar-refractivity contribution in [3.05, 3.63) is 35.4 Å². The smallest absolute Gasteiger partial charge is 0.238 e. The largest absolute Gasteiger partial charge is 0.383 e. The molecule has 5 nitrogen and oxygen atoms in total. The minimum atomic E-state index is -0.179. The fourth-order valence-electron chi connectivity index (χ4n) is 1.96. The number of carbonyl (C=O) groups excluding carboxylic acids is 1. The second kappa shape index (κ2) is 8.68. The summed E-state index contributed by atoms with van der Waals surface area (Å²) in [5.74, 6) is 4.90. The van der Waals surface area contributed by atoms with Crippen LogP contribution in [-0.4, -0.2) is 37.1 Å². The van der Waals surface area contributed by atoms with Crippen LogP contribution >= 0.6 is 0 Å². The summed E-state index contributed by atoms with van der Waals surface area (Å²) in [5, 5.41) is 0. The molecule has 112 valence electrons. The van der Waals surface area contributed by atoms with Crippen LogP contribution in [0.1, 0.15) is 25.0 Å². The van der Waals surface area contributed by atoms with E-state index < -0.39 is 0 Å². The summed E-state index contributed by atoms with van der Waals surface area (Å²) in [7, 11) is 1.72. The van der Waals surface area contributed by atoms with Crippen LogP contribution in [0.5, 0.6) is 0 Å². The predicted molar refractivity (Wildman–Crippen MR) is 79.9 cm³/mol. The van der Waals surface area contributed by atoms with E-state index in [4.69, 9.17) is 10.6 Å². The first-order chi connectivity index (χ1) is 9.56. The van der Waals surface area contributed by atoms with Gasteiger partial charge < -0.3 is 4.74 Å². The molecule has 1 aromatic carbocycles. The number of carbonyl (C=O) groups is 1. The third-order valence-electron chi connectivity index (χ3n) is 3.25. The third-order valence-corrected chi connectivity index (χ3v) is 3.25. The molecule has 1 aromatic rings. The molecule has 0 aliphatic rings. The highest BCUT2D eigenvalue weighted by Crippen LogP contribution is 2.10. The van der Waals surface area contributed by atoms with Crippen LogP contribution in [0.4, 0.5) is 0 Å². The zero-order valence-corrected chi connectivity index (χ0v) is 12.6. The van der Waals surface area contributed by atoms with Crippen molar-refractivity contribution in [1.29, 1.82) is 0 Å². The number of nitrogens with one attached hydrogen (secondary N) is 1. The molecule has 0 spiro atoms. The lowest BCUT2D eigenvalue weighted by Gasteiger charge is -2.26. The number of nitrogens with zero attached hydrogens (tertiary/aromatic N) is 1. The Labute approximate surface area is 121 Å². The van der Waals surface area contributed by atoms with E-state index in [1.165, 1.54) is 5.56 Å². The average molecular weight is 279 g/mol. The molecule has 0 saturated heterocycles. The van der Waals surface area contributed by atoms with E-state index >= 15 is 0 Å². The molecule has 1 rings (SSSR count). The lowest BCUT2D eigenvalue weighted by molar-refractivity contribution is -0.120. The van der Waals surface area contributed by atoms with E-state index in [0.29, 0.717) is 12.5 Å². The van der Waals surface area contributed by atoms with Gasteiger partial charge in [-0.15, -0.1) is 0 Å². The monoisotopic (exact) mass is 279 g/mol. The van der Waals surface area contributed by atoms with Crippen LogP contribution in [0.3, 0.4) is 0 Å². The topological polar surface area (TPSA) is 67.6 Å². The van der Waals surface area contributed by atoms with Gasteiger partial charge in [0.05, 0.1) is 13.0 Å². The van der Waals surface area contributed by atoms with E-state index in [2.05, 4.69) is 36.3 Å². The molecular weight excluding hydrogens is 254 g/mol. The van der Waals surface area contributed by atoms with Gasteiger partial charge in [0.1, 0.15) is 0 Å². The number of nitrogens with two attached hydrogens (primary N) is 1. The van der Waals surface area contributed by atoms with Gasteiger partial charge in [0.25, 0.3) is 0 Å². The van der Waals surface area contributed by atoms with Crippen molar-refractivity contribution >= 4 is 5.91 Å². The van der Waals surface area contributed by atoms with Crippen molar-refractivity contribution in [3.8, 4) is 0 Å². The number of hydrogen-bond donors (Lipinski definition) is 2. The van der Waals surface area contributed by atoms with Crippen LogP contribution in [-0.2, 0) is 22.5 Å². The number of hydrogen-bond acceptors (Lipinski definition) is 4. The van der Waals surface area contributed by atoms with Crippen LogP contribution in [0.2, 0.25) is 0 Å². The Kier molecular flexibility index (Phi) is 7.22. The van der Waals surface area contributed by atoms with Crippen molar-refractivity contribution in [3.63, 3.8) is 0 Å². The molecule has 0 bridgehead atoms. The summed E-state index contributed by atoms with van der Waals surface area (Å²) in [5.41, 5.74) is 4.33. The Hall–Kier alpha value is -1.43. The Morgan fingerprint density at radius 3 is 2.40 bits per heavy atom. The first-order valence-electron chi connectivity index (χ1n) is 6.87. The minimum absolute atomic E-state index is 0.179.